The number of benzene rings is 1. The van der Waals surface area contributed by atoms with E-state index in [4.69, 9.17) is 0 Å². The Morgan fingerprint density at radius 3 is 2.62 bits per heavy atom. The number of hydrogen-bond donors (Lipinski definition) is 1. The third-order valence-electron chi connectivity index (χ3n) is 4.22. The van der Waals surface area contributed by atoms with Gasteiger partial charge in [0.2, 0.25) is 0 Å². The summed E-state index contributed by atoms with van der Waals surface area (Å²) < 4.78 is 1.97. The number of rotatable bonds is 4. The maximum Gasteiger partial charge on any atom is 0.346 e. The second-order valence-corrected chi connectivity index (χ2v) is 6.52. The fourth-order valence-corrected chi connectivity index (χ4v) is 3.93. The molecule has 6 heteroatoms. The molecule has 2 aromatic heterocycles. The Labute approximate surface area is 142 Å². The maximum absolute atomic E-state index is 12.9. The molecule has 0 radical (unpaired) electrons. The van der Waals surface area contributed by atoms with E-state index in [-0.39, 0.29) is 23.5 Å². The Hall–Kier alpha value is -2.86. The molecule has 0 spiro atoms. The zero-order valence-corrected chi connectivity index (χ0v) is 13.4. The first kappa shape index (κ1) is 14.7. The number of amides is 1. The van der Waals surface area contributed by atoms with Crippen LogP contribution in [0.1, 0.15) is 37.3 Å². The summed E-state index contributed by atoms with van der Waals surface area (Å²) in [5, 5.41) is 11.1. The highest BCUT2D eigenvalue weighted by molar-refractivity contribution is 7.12. The summed E-state index contributed by atoms with van der Waals surface area (Å²) in [6.07, 6.45) is 3.57. The topological polar surface area (TPSA) is 62.5 Å². The van der Waals surface area contributed by atoms with Crippen molar-refractivity contribution in [2.75, 3.05) is 0 Å². The maximum atomic E-state index is 12.9. The monoisotopic (exact) mass is 338 g/mol. The van der Waals surface area contributed by atoms with Gasteiger partial charge in [0.1, 0.15) is 11.0 Å². The molecule has 1 atom stereocenters. The number of carbonyl (C=O) groups is 2. The summed E-state index contributed by atoms with van der Waals surface area (Å²) in [4.78, 5) is 26.3. The number of aromatic nitrogens is 1. The lowest BCUT2D eigenvalue weighted by Gasteiger charge is -2.26. The molecule has 0 bridgehead atoms. The number of hydrogen-bond acceptors (Lipinski definition) is 3. The van der Waals surface area contributed by atoms with Crippen LogP contribution in [0.3, 0.4) is 0 Å². The zero-order chi connectivity index (χ0) is 16.7. The lowest BCUT2D eigenvalue weighted by atomic mass is 10.1. The van der Waals surface area contributed by atoms with Crippen molar-refractivity contribution in [3.8, 4) is 0 Å². The summed E-state index contributed by atoms with van der Waals surface area (Å²) in [6, 6.07) is 13.1. The summed E-state index contributed by atoms with van der Waals surface area (Å²) in [5.74, 6) is -1.03. The van der Waals surface area contributed by atoms with Crippen LogP contribution < -0.4 is 0 Å². The molecule has 5 nitrogen and oxygen atoms in total. The van der Waals surface area contributed by atoms with Gasteiger partial charge in [-0.2, -0.15) is 0 Å². The van der Waals surface area contributed by atoms with E-state index in [9.17, 15) is 14.7 Å². The second kappa shape index (κ2) is 5.65. The summed E-state index contributed by atoms with van der Waals surface area (Å²) in [7, 11) is 0. The number of carboxylic acids is 1. The molecule has 3 aromatic rings. The van der Waals surface area contributed by atoms with E-state index in [2.05, 4.69) is 0 Å². The molecule has 0 saturated heterocycles. The van der Waals surface area contributed by atoms with E-state index >= 15 is 0 Å². The fourth-order valence-electron chi connectivity index (χ4n) is 3.17. The predicted octanol–water partition coefficient (Wildman–Crippen LogP) is 3.45. The van der Waals surface area contributed by atoms with Crippen LogP contribution in [0.15, 0.2) is 60.2 Å². The highest BCUT2D eigenvalue weighted by Crippen LogP contribution is 2.36. The number of thiophene rings is 1. The summed E-state index contributed by atoms with van der Waals surface area (Å²) in [6.45, 7) is 0.265. The van der Waals surface area contributed by atoms with Gasteiger partial charge in [-0.3, -0.25) is 4.79 Å². The quantitative estimate of drug-likeness (QED) is 0.792. The first-order valence-electron chi connectivity index (χ1n) is 7.49. The van der Waals surface area contributed by atoms with Crippen LogP contribution >= 0.6 is 11.3 Å². The zero-order valence-electron chi connectivity index (χ0n) is 12.6. The molecule has 1 aromatic carbocycles. The number of nitrogens with zero attached hydrogens (tertiary/aromatic N) is 2. The van der Waals surface area contributed by atoms with E-state index in [0.29, 0.717) is 11.1 Å². The minimum atomic E-state index is -0.957. The minimum Gasteiger partial charge on any atom is -0.477 e. The Morgan fingerprint density at radius 1 is 1.12 bits per heavy atom. The van der Waals surface area contributed by atoms with Crippen molar-refractivity contribution < 1.29 is 14.7 Å². The smallest absolute Gasteiger partial charge is 0.346 e. The number of fused-ring (bicyclic) bond motifs is 1. The van der Waals surface area contributed by atoms with E-state index in [1.807, 2.05) is 53.4 Å². The Bertz CT molecular complexity index is 914. The van der Waals surface area contributed by atoms with Crippen molar-refractivity contribution in [3.05, 3.63) is 81.8 Å². The third-order valence-corrected chi connectivity index (χ3v) is 5.16. The van der Waals surface area contributed by atoms with Gasteiger partial charge in [-0.15, -0.1) is 11.3 Å². The minimum absolute atomic E-state index is 0.0770. The number of carbonyl (C=O) groups excluding carboxylic acids is 1. The largest absolute Gasteiger partial charge is 0.477 e. The van der Waals surface area contributed by atoms with Gasteiger partial charge < -0.3 is 14.6 Å². The van der Waals surface area contributed by atoms with Crippen LogP contribution in [0.2, 0.25) is 0 Å². The molecule has 24 heavy (non-hydrogen) atoms. The van der Waals surface area contributed by atoms with Crippen LogP contribution in [0, 0.1) is 0 Å². The lowest BCUT2D eigenvalue weighted by Crippen LogP contribution is -2.31. The normalized spacial score (nSPS) is 16.4. The van der Waals surface area contributed by atoms with E-state index in [1.165, 1.54) is 11.3 Å². The van der Waals surface area contributed by atoms with Crippen molar-refractivity contribution >= 4 is 23.2 Å². The lowest BCUT2D eigenvalue weighted by molar-refractivity contribution is 0.0661. The van der Waals surface area contributed by atoms with Crippen molar-refractivity contribution in [1.29, 1.82) is 0 Å². The standard InChI is InChI=1S/C18H14N2O3S/c21-17-14-6-2-1-5-13(14)16(19-8-3-4-9-19)20(17)11-12-7-10-24-15(12)18(22)23/h1-10,16H,11H2,(H,22,23). The van der Waals surface area contributed by atoms with Gasteiger partial charge in [0, 0.05) is 23.5 Å². The first-order chi connectivity index (χ1) is 11.7. The molecule has 0 fully saturated rings. The van der Waals surface area contributed by atoms with Crippen LogP contribution in [-0.2, 0) is 6.54 Å². The Morgan fingerprint density at radius 2 is 1.88 bits per heavy atom. The molecule has 120 valence electrons. The van der Waals surface area contributed by atoms with Gasteiger partial charge in [-0.05, 0) is 35.2 Å². The highest BCUT2D eigenvalue weighted by Gasteiger charge is 2.37. The number of carboxylic acid groups (broad SMARTS) is 1. The van der Waals surface area contributed by atoms with E-state index in [0.717, 1.165) is 5.56 Å². The van der Waals surface area contributed by atoms with Crippen molar-refractivity contribution in [2.45, 2.75) is 12.7 Å². The van der Waals surface area contributed by atoms with Gasteiger partial charge in [0.05, 0.1) is 6.54 Å². The van der Waals surface area contributed by atoms with Crippen LogP contribution in [0.25, 0.3) is 0 Å². The van der Waals surface area contributed by atoms with Crippen molar-refractivity contribution in [2.24, 2.45) is 0 Å². The molecule has 1 amide bonds. The first-order valence-corrected chi connectivity index (χ1v) is 8.37. The average Bonchev–Trinajstić information content (AvgIpc) is 3.29. The molecule has 0 aliphatic carbocycles. The van der Waals surface area contributed by atoms with E-state index in [1.54, 1.807) is 16.3 Å². The van der Waals surface area contributed by atoms with Crippen LogP contribution in [-0.4, -0.2) is 26.5 Å². The third kappa shape index (κ3) is 2.23. The molecule has 1 aliphatic rings. The molecule has 0 saturated carbocycles. The van der Waals surface area contributed by atoms with Crippen LogP contribution in [0.4, 0.5) is 0 Å². The van der Waals surface area contributed by atoms with Gasteiger partial charge in [-0.25, -0.2) is 4.79 Å². The molecule has 4 rings (SSSR count). The van der Waals surface area contributed by atoms with Gasteiger partial charge in [-0.1, -0.05) is 18.2 Å². The van der Waals surface area contributed by atoms with Gasteiger partial charge in [0.25, 0.3) is 5.91 Å². The van der Waals surface area contributed by atoms with Gasteiger partial charge >= 0.3 is 5.97 Å². The Kier molecular flexibility index (Phi) is 3.46. The highest BCUT2D eigenvalue weighted by atomic mass is 32.1. The fraction of sp³-hybridized carbons (Fsp3) is 0.111. The van der Waals surface area contributed by atoms with E-state index < -0.39 is 5.97 Å². The Balaban J connectivity index is 1.78. The predicted molar refractivity (Wildman–Crippen MR) is 90.2 cm³/mol. The van der Waals surface area contributed by atoms with Crippen molar-refractivity contribution in [3.63, 3.8) is 0 Å². The SMILES string of the molecule is O=C(O)c1sccc1CN1C(=O)c2ccccc2C1n1cccc1. The average molecular weight is 338 g/mol. The molecular formula is C18H14N2O3S. The molecular weight excluding hydrogens is 324 g/mol. The second-order valence-electron chi connectivity index (χ2n) is 5.60. The van der Waals surface area contributed by atoms with Crippen LogP contribution in [0.5, 0.6) is 0 Å². The number of aromatic carboxylic acids is 1. The summed E-state index contributed by atoms with van der Waals surface area (Å²) >= 11 is 1.18. The van der Waals surface area contributed by atoms with Crippen molar-refractivity contribution in [1.82, 2.24) is 9.47 Å². The molecule has 1 unspecified atom stereocenters. The summed E-state index contributed by atoms with van der Waals surface area (Å²) in [5.41, 5.74) is 2.26. The molecule has 3 heterocycles. The molecule has 1 N–H and O–H groups in total. The van der Waals surface area contributed by atoms with Gasteiger partial charge in [0.15, 0.2) is 0 Å². The molecule has 1 aliphatic heterocycles.